The number of nitro benzene ring substituents is 2. The maximum atomic E-state index is 11.2. The van der Waals surface area contributed by atoms with Gasteiger partial charge >= 0.3 is 0 Å². The molecular weight excluding hydrogens is 400 g/mol. The number of nitrogens with zero attached hydrogens (tertiary/aromatic N) is 4. The molecule has 2 aromatic carbocycles. The van der Waals surface area contributed by atoms with Crippen LogP contribution in [0.5, 0.6) is 0 Å². The summed E-state index contributed by atoms with van der Waals surface area (Å²) >= 11 is 0. The minimum atomic E-state index is -0.568. The molecule has 0 unspecified atom stereocenters. The quantitative estimate of drug-likeness (QED) is 0.400. The van der Waals surface area contributed by atoms with Gasteiger partial charge in [0.1, 0.15) is 11.5 Å². The Hall–Kier alpha value is -5.02. The van der Waals surface area contributed by atoms with E-state index in [1.54, 1.807) is 12.1 Å². The Morgan fingerprint density at radius 3 is 1.48 bits per heavy atom. The zero-order valence-corrected chi connectivity index (χ0v) is 15.8. The van der Waals surface area contributed by atoms with Crippen LogP contribution in [-0.4, -0.2) is 9.85 Å². The summed E-state index contributed by atoms with van der Waals surface area (Å²) < 4.78 is 5.60. The Balaban J connectivity index is 1.82. The number of furan rings is 1. The highest BCUT2D eigenvalue weighted by Crippen LogP contribution is 2.25. The highest BCUT2D eigenvalue weighted by molar-refractivity contribution is 5.75. The Morgan fingerprint density at radius 2 is 1.13 bits per heavy atom. The van der Waals surface area contributed by atoms with Crippen LogP contribution >= 0.6 is 0 Å². The van der Waals surface area contributed by atoms with Crippen molar-refractivity contribution in [3.05, 3.63) is 103 Å². The third-order valence-electron chi connectivity index (χ3n) is 4.21. The molecule has 0 saturated carbocycles. The zero-order valence-electron chi connectivity index (χ0n) is 15.8. The predicted molar refractivity (Wildman–Crippen MR) is 112 cm³/mol. The van der Waals surface area contributed by atoms with E-state index in [0.717, 1.165) is 0 Å². The van der Waals surface area contributed by atoms with E-state index in [2.05, 4.69) is 0 Å². The highest BCUT2D eigenvalue weighted by Gasteiger charge is 2.14. The lowest BCUT2D eigenvalue weighted by Crippen LogP contribution is -1.92. The molecule has 9 nitrogen and oxygen atoms in total. The van der Waals surface area contributed by atoms with E-state index < -0.39 is 9.85 Å². The summed E-state index contributed by atoms with van der Waals surface area (Å²) in [6.45, 7) is 0. The molecule has 0 spiro atoms. The van der Waals surface area contributed by atoms with Crippen LogP contribution in [0.25, 0.3) is 24.3 Å². The lowest BCUT2D eigenvalue weighted by molar-refractivity contribution is -0.385. The minimum absolute atomic E-state index is 0.186. The first-order chi connectivity index (χ1) is 14.9. The second kappa shape index (κ2) is 8.99. The van der Waals surface area contributed by atoms with Crippen LogP contribution in [0.15, 0.2) is 52.9 Å². The standard InChI is InChI=1S/C22H12N4O5/c23-13-15-1-3-17(21(11-15)25(27)28)5-7-19-9-10-20(31-19)8-6-18-4-2-16(14-24)12-22(18)26(29)30/h1-12H. The van der Waals surface area contributed by atoms with Gasteiger partial charge in [0.05, 0.1) is 44.2 Å². The fraction of sp³-hybridized carbons (Fsp3) is 0. The van der Waals surface area contributed by atoms with Gasteiger partial charge < -0.3 is 4.42 Å². The van der Waals surface area contributed by atoms with Crippen molar-refractivity contribution in [2.75, 3.05) is 0 Å². The van der Waals surface area contributed by atoms with Crippen molar-refractivity contribution in [1.29, 1.82) is 10.5 Å². The van der Waals surface area contributed by atoms with Crippen molar-refractivity contribution in [1.82, 2.24) is 0 Å². The summed E-state index contributed by atoms with van der Waals surface area (Å²) in [5, 5.41) is 40.2. The van der Waals surface area contributed by atoms with Crippen molar-refractivity contribution in [2.45, 2.75) is 0 Å². The summed E-state index contributed by atoms with van der Waals surface area (Å²) in [5.74, 6) is 0.820. The van der Waals surface area contributed by atoms with Gasteiger partial charge in [-0.05, 0) is 60.7 Å². The first-order valence-corrected chi connectivity index (χ1v) is 8.74. The molecule has 0 fully saturated rings. The van der Waals surface area contributed by atoms with Gasteiger partial charge in [0.25, 0.3) is 11.4 Å². The van der Waals surface area contributed by atoms with Crippen LogP contribution in [0.1, 0.15) is 33.8 Å². The number of rotatable bonds is 6. The van der Waals surface area contributed by atoms with Crippen molar-refractivity contribution in [3.63, 3.8) is 0 Å². The molecule has 0 atom stereocenters. The highest BCUT2D eigenvalue weighted by atomic mass is 16.6. The van der Waals surface area contributed by atoms with Gasteiger partial charge in [-0.15, -0.1) is 0 Å². The van der Waals surface area contributed by atoms with Crippen LogP contribution < -0.4 is 0 Å². The fourth-order valence-electron chi connectivity index (χ4n) is 2.72. The van der Waals surface area contributed by atoms with Gasteiger partial charge in [0, 0.05) is 12.1 Å². The molecule has 0 saturated heterocycles. The molecule has 0 aliphatic rings. The largest absolute Gasteiger partial charge is 0.457 e. The first-order valence-electron chi connectivity index (χ1n) is 8.74. The van der Waals surface area contributed by atoms with E-state index in [-0.39, 0.29) is 22.5 Å². The second-order valence-electron chi connectivity index (χ2n) is 6.19. The Morgan fingerprint density at radius 1 is 0.710 bits per heavy atom. The summed E-state index contributed by atoms with van der Waals surface area (Å²) in [7, 11) is 0. The molecule has 3 aromatic rings. The van der Waals surface area contributed by atoms with Crippen LogP contribution in [-0.2, 0) is 0 Å². The number of hydrogen-bond acceptors (Lipinski definition) is 7. The van der Waals surface area contributed by atoms with Crippen molar-refractivity contribution in [3.8, 4) is 12.1 Å². The predicted octanol–water partition coefficient (Wildman–Crippen LogP) is 5.18. The van der Waals surface area contributed by atoms with Gasteiger partial charge in [0.15, 0.2) is 0 Å². The second-order valence-corrected chi connectivity index (χ2v) is 6.19. The lowest BCUT2D eigenvalue weighted by atomic mass is 10.1. The first kappa shape index (κ1) is 20.7. The lowest BCUT2D eigenvalue weighted by Gasteiger charge is -1.98. The molecule has 0 radical (unpaired) electrons. The molecule has 9 heteroatoms. The van der Waals surface area contributed by atoms with Crippen molar-refractivity contribution < 1.29 is 14.3 Å². The number of hydrogen-bond donors (Lipinski definition) is 0. The van der Waals surface area contributed by atoms with Gasteiger partial charge in [-0.25, -0.2) is 0 Å². The topological polar surface area (TPSA) is 147 Å². The zero-order chi connectivity index (χ0) is 22.4. The molecule has 0 aliphatic carbocycles. The molecule has 0 bridgehead atoms. The van der Waals surface area contributed by atoms with Crippen molar-refractivity contribution >= 4 is 35.7 Å². The Bertz CT molecular complexity index is 1220. The molecular formula is C22H12N4O5. The van der Waals surface area contributed by atoms with Crippen LogP contribution in [0.3, 0.4) is 0 Å². The normalized spacial score (nSPS) is 10.8. The summed E-state index contributed by atoms with van der Waals surface area (Å²) in [4.78, 5) is 21.3. The molecule has 0 aliphatic heterocycles. The maximum Gasteiger partial charge on any atom is 0.277 e. The number of nitriles is 2. The van der Waals surface area contributed by atoms with E-state index in [1.165, 1.54) is 60.7 Å². The molecule has 1 heterocycles. The minimum Gasteiger partial charge on any atom is -0.457 e. The van der Waals surface area contributed by atoms with E-state index >= 15 is 0 Å². The van der Waals surface area contributed by atoms with Gasteiger partial charge in [-0.1, -0.05) is 0 Å². The van der Waals surface area contributed by atoms with E-state index in [1.807, 2.05) is 12.1 Å². The van der Waals surface area contributed by atoms with E-state index in [0.29, 0.717) is 22.6 Å². The molecule has 31 heavy (non-hydrogen) atoms. The van der Waals surface area contributed by atoms with Crippen LogP contribution in [0, 0.1) is 42.9 Å². The number of nitro groups is 2. The molecule has 0 amide bonds. The summed E-state index contributed by atoms with van der Waals surface area (Å²) in [6.07, 6.45) is 6.07. The SMILES string of the molecule is N#Cc1ccc(C=Cc2ccc(C=Cc3ccc(C#N)cc3[N+](=O)[O-])o2)c([N+](=O)[O-])c1. The maximum absolute atomic E-state index is 11.2. The molecule has 0 N–H and O–H groups in total. The molecule has 3 rings (SSSR count). The van der Waals surface area contributed by atoms with Crippen LogP contribution in [0.4, 0.5) is 11.4 Å². The van der Waals surface area contributed by atoms with Gasteiger partial charge in [-0.3, -0.25) is 20.2 Å². The monoisotopic (exact) mass is 412 g/mol. The third kappa shape index (κ3) is 4.88. The number of benzene rings is 2. The summed E-state index contributed by atoms with van der Waals surface area (Å²) in [5.41, 5.74) is 0.596. The van der Waals surface area contributed by atoms with E-state index in [4.69, 9.17) is 14.9 Å². The van der Waals surface area contributed by atoms with Gasteiger partial charge in [-0.2, -0.15) is 10.5 Å². The smallest absolute Gasteiger partial charge is 0.277 e. The van der Waals surface area contributed by atoms with Crippen molar-refractivity contribution in [2.24, 2.45) is 0 Å². The molecule has 1 aromatic heterocycles. The summed E-state index contributed by atoms with van der Waals surface area (Å²) in [6, 6.07) is 15.3. The van der Waals surface area contributed by atoms with E-state index in [9.17, 15) is 20.2 Å². The van der Waals surface area contributed by atoms with Gasteiger partial charge in [0.2, 0.25) is 0 Å². The molecule has 150 valence electrons. The average Bonchev–Trinajstić information content (AvgIpc) is 3.23. The fourth-order valence-corrected chi connectivity index (χ4v) is 2.72. The van der Waals surface area contributed by atoms with Crippen LogP contribution in [0.2, 0.25) is 0 Å². The average molecular weight is 412 g/mol. The Kier molecular flexibility index (Phi) is 6.00. The third-order valence-corrected chi connectivity index (χ3v) is 4.21. The Labute approximate surface area is 175 Å².